The zero-order valence-corrected chi connectivity index (χ0v) is 16.2. The number of hydrogen-bond acceptors (Lipinski definition) is 0. The summed E-state index contributed by atoms with van der Waals surface area (Å²) in [5.41, 5.74) is 9.32. The van der Waals surface area contributed by atoms with E-state index in [0.29, 0.717) is 0 Å². The molecule has 0 N–H and O–H groups in total. The zero-order valence-electron chi connectivity index (χ0n) is 16.2. The van der Waals surface area contributed by atoms with Crippen LogP contribution in [0.15, 0.2) is 60.8 Å². The SMILES string of the molecule is Cc1cc(-c2cc(C(C)(C)C)cc[n+]2C)c(C)cc1-c1ccccc1. The average Bonchev–Trinajstić information content (AvgIpc) is 2.57. The molecule has 0 saturated carbocycles. The van der Waals surface area contributed by atoms with Crippen LogP contribution in [0.5, 0.6) is 0 Å². The number of nitrogens with zero attached hydrogens (tertiary/aromatic N) is 1. The van der Waals surface area contributed by atoms with Crippen molar-refractivity contribution in [3.63, 3.8) is 0 Å². The summed E-state index contributed by atoms with van der Waals surface area (Å²) in [5, 5.41) is 0. The summed E-state index contributed by atoms with van der Waals surface area (Å²) in [6.07, 6.45) is 2.18. The van der Waals surface area contributed by atoms with Gasteiger partial charge in [-0.3, -0.25) is 0 Å². The topological polar surface area (TPSA) is 3.88 Å². The molecule has 0 radical (unpaired) electrons. The maximum Gasteiger partial charge on any atom is 0.212 e. The first kappa shape index (κ1) is 17.4. The van der Waals surface area contributed by atoms with E-state index in [-0.39, 0.29) is 5.41 Å². The van der Waals surface area contributed by atoms with Gasteiger partial charge in [-0.1, -0.05) is 57.2 Å². The van der Waals surface area contributed by atoms with E-state index in [1.807, 2.05) is 0 Å². The van der Waals surface area contributed by atoms with Crippen LogP contribution in [0.2, 0.25) is 0 Å². The Kier molecular flexibility index (Phi) is 4.51. The third kappa shape index (κ3) is 3.51. The Morgan fingerprint density at radius 1 is 0.760 bits per heavy atom. The van der Waals surface area contributed by atoms with E-state index >= 15 is 0 Å². The van der Waals surface area contributed by atoms with Gasteiger partial charge in [0.15, 0.2) is 6.20 Å². The van der Waals surface area contributed by atoms with Crippen molar-refractivity contribution in [1.82, 2.24) is 0 Å². The number of hydrogen-bond donors (Lipinski definition) is 0. The molecule has 1 heterocycles. The second-order valence-corrected chi connectivity index (χ2v) is 8.01. The van der Waals surface area contributed by atoms with E-state index in [9.17, 15) is 0 Å². The number of aromatic nitrogens is 1. The second-order valence-electron chi connectivity index (χ2n) is 8.01. The predicted octanol–water partition coefficient (Wildman–Crippen LogP) is 5.76. The standard InChI is InChI=1S/C24H28N/c1-17-15-22(18(2)14-21(17)19-10-8-7-9-11-19)23-16-20(24(3,4)5)12-13-25(23)6/h7-16H,1-6H3/q+1. The molecule has 0 unspecified atom stereocenters. The van der Waals surface area contributed by atoms with Gasteiger partial charge in [-0.25, -0.2) is 4.57 Å². The van der Waals surface area contributed by atoms with Crippen LogP contribution in [0.3, 0.4) is 0 Å². The van der Waals surface area contributed by atoms with Gasteiger partial charge in [0.25, 0.3) is 0 Å². The molecule has 0 spiro atoms. The van der Waals surface area contributed by atoms with E-state index < -0.39 is 0 Å². The van der Waals surface area contributed by atoms with Crippen LogP contribution in [-0.2, 0) is 12.5 Å². The Morgan fingerprint density at radius 3 is 2.00 bits per heavy atom. The van der Waals surface area contributed by atoms with Crippen LogP contribution in [-0.4, -0.2) is 0 Å². The molecule has 1 heteroatoms. The normalized spacial score (nSPS) is 11.6. The van der Waals surface area contributed by atoms with E-state index in [0.717, 1.165) is 0 Å². The summed E-state index contributed by atoms with van der Waals surface area (Å²) in [6, 6.07) is 19.9. The molecule has 0 atom stereocenters. The van der Waals surface area contributed by atoms with Crippen LogP contribution in [0.1, 0.15) is 37.5 Å². The highest BCUT2D eigenvalue weighted by Gasteiger charge is 2.20. The fourth-order valence-electron chi connectivity index (χ4n) is 3.32. The van der Waals surface area contributed by atoms with Crippen LogP contribution in [0, 0.1) is 13.8 Å². The summed E-state index contributed by atoms with van der Waals surface area (Å²) >= 11 is 0. The van der Waals surface area contributed by atoms with Crippen molar-refractivity contribution in [3.05, 3.63) is 77.5 Å². The van der Waals surface area contributed by atoms with Crippen molar-refractivity contribution >= 4 is 0 Å². The Hall–Kier alpha value is -2.41. The van der Waals surface area contributed by atoms with E-state index in [1.165, 1.54) is 39.1 Å². The van der Waals surface area contributed by atoms with E-state index in [2.05, 4.69) is 107 Å². The Bertz CT molecular complexity index is 899. The highest BCUT2D eigenvalue weighted by Crippen LogP contribution is 2.32. The number of pyridine rings is 1. The first-order valence-electron chi connectivity index (χ1n) is 8.94. The molecule has 0 aliphatic carbocycles. The zero-order chi connectivity index (χ0) is 18.2. The first-order valence-corrected chi connectivity index (χ1v) is 8.94. The third-order valence-corrected chi connectivity index (χ3v) is 4.95. The lowest BCUT2D eigenvalue weighted by Gasteiger charge is -2.19. The predicted molar refractivity (Wildman–Crippen MR) is 107 cm³/mol. The van der Waals surface area contributed by atoms with Gasteiger partial charge < -0.3 is 0 Å². The quantitative estimate of drug-likeness (QED) is 0.526. The summed E-state index contributed by atoms with van der Waals surface area (Å²) in [4.78, 5) is 0. The number of rotatable bonds is 2. The molecule has 2 aromatic carbocycles. The van der Waals surface area contributed by atoms with Crippen molar-refractivity contribution in [3.8, 4) is 22.4 Å². The molecule has 0 saturated heterocycles. The molecule has 3 rings (SSSR count). The van der Waals surface area contributed by atoms with E-state index in [4.69, 9.17) is 0 Å². The lowest BCUT2D eigenvalue weighted by molar-refractivity contribution is -0.660. The molecule has 0 aliphatic rings. The number of benzene rings is 2. The molecule has 0 aliphatic heterocycles. The van der Waals surface area contributed by atoms with Gasteiger partial charge in [0.2, 0.25) is 5.69 Å². The van der Waals surface area contributed by atoms with Crippen molar-refractivity contribution < 1.29 is 4.57 Å². The summed E-state index contributed by atoms with van der Waals surface area (Å²) in [7, 11) is 2.13. The minimum atomic E-state index is 0.149. The molecule has 1 nitrogen and oxygen atoms in total. The van der Waals surface area contributed by atoms with Crippen molar-refractivity contribution in [2.24, 2.45) is 7.05 Å². The molecule has 0 fully saturated rings. The van der Waals surface area contributed by atoms with Crippen LogP contribution >= 0.6 is 0 Å². The van der Waals surface area contributed by atoms with Crippen molar-refractivity contribution in [2.45, 2.75) is 40.0 Å². The largest absolute Gasteiger partial charge is 0.212 e. The van der Waals surface area contributed by atoms with Gasteiger partial charge in [0, 0.05) is 17.7 Å². The lowest BCUT2D eigenvalue weighted by Crippen LogP contribution is -2.32. The van der Waals surface area contributed by atoms with Gasteiger partial charge in [-0.2, -0.15) is 0 Å². The smallest absolute Gasteiger partial charge is 0.201 e. The molecule has 3 aromatic rings. The number of aryl methyl sites for hydroxylation is 3. The third-order valence-electron chi connectivity index (χ3n) is 4.95. The fourth-order valence-corrected chi connectivity index (χ4v) is 3.32. The Morgan fingerprint density at radius 2 is 1.36 bits per heavy atom. The molecule has 0 amide bonds. The lowest BCUT2D eigenvalue weighted by atomic mass is 9.86. The molecular weight excluding hydrogens is 302 g/mol. The molecular formula is C24H28N+. The van der Waals surface area contributed by atoms with Gasteiger partial charge in [0.05, 0.1) is 0 Å². The van der Waals surface area contributed by atoms with Gasteiger partial charge >= 0.3 is 0 Å². The van der Waals surface area contributed by atoms with Gasteiger partial charge in [-0.15, -0.1) is 0 Å². The summed E-state index contributed by atoms with van der Waals surface area (Å²) in [5.74, 6) is 0. The fraction of sp³-hybridized carbons (Fsp3) is 0.292. The maximum atomic E-state index is 2.34. The van der Waals surface area contributed by atoms with Crippen LogP contribution in [0.4, 0.5) is 0 Å². The highest BCUT2D eigenvalue weighted by molar-refractivity contribution is 5.74. The van der Waals surface area contributed by atoms with Crippen LogP contribution < -0.4 is 4.57 Å². The van der Waals surface area contributed by atoms with Gasteiger partial charge in [0.1, 0.15) is 7.05 Å². The minimum absolute atomic E-state index is 0.149. The maximum absolute atomic E-state index is 2.34. The monoisotopic (exact) mass is 330 g/mol. The molecule has 25 heavy (non-hydrogen) atoms. The highest BCUT2D eigenvalue weighted by atomic mass is 14.9. The summed E-state index contributed by atoms with van der Waals surface area (Å²) in [6.45, 7) is 11.2. The molecule has 0 bridgehead atoms. The second kappa shape index (κ2) is 6.48. The molecule has 128 valence electrons. The van der Waals surface area contributed by atoms with Gasteiger partial charge in [-0.05, 0) is 53.1 Å². The minimum Gasteiger partial charge on any atom is -0.201 e. The average molecular weight is 330 g/mol. The van der Waals surface area contributed by atoms with E-state index in [1.54, 1.807) is 0 Å². The summed E-state index contributed by atoms with van der Waals surface area (Å²) < 4.78 is 2.22. The van der Waals surface area contributed by atoms with Crippen molar-refractivity contribution in [1.29, 1.82) is 0 Å². The van der Waals surface area contributed by atoms with Crippen molar-refractivity contribution in [2.75, 3.05) is 0 Å². The molecule has 1 aromatic heterocycles. The van der Waals surface area contributed by atoms with Crippen LogP contribution in [0.25, 0.3) is 22.4 Å². The first-order chi connectivity index (χ1) is 11.8. The Balaban J connectivity index is 2.15. The Labute approximate surface area is 152 Å².